The molecule has 2 rings (SSSR count). The highest BCUT2D eigenvalue weighted by molar-refractivity contribution is 9.10. The van der Waals surface area contributed by atoms with E-state index in [0.717, 1.165) is 6.07 Å². The van der Waals surface area contributed by atoms with Gasteiger partial charge in [-0.2, -0.15) is 0 Å². The highest BCUT2D eigenvalue weighted by atomic mass is 79.9. The number of carbonyl (C=O) groups is 1. The second-order valence-electron chi connectivity index (χ2n) is 4.85. The molecule has 133 valence electrons. The van der Waals surface area contributed by atoms with Crippen LogP contribution in [0.15, 0.2) is 34.8 Å². The molecule has 25 heavy (non-hydrogen) atoms. The van der Waals surface area contributed by atoms with Gasteiger partial charge in [0.1, 0.15) is 23.1 Å². The molecule has 0 atom stereocenters. The zero-order valence-electron chi connectivity index (χ0n) is 13.6. The van der Waals surface area contributed by atoms with Crippen LogP contribution in [-0.2, 0) is 6.54 Å². The van der Waals surface area contributed by atoms with E-state index < -0.39 is 17.5 Å². The van der Waals surface area contributed by atoms with E-state index in [9.17, 15) is 13.6 Å². The minimum Gasteiger partial charge on any atom is -0.496 e. The van der Waals surface area contributed by atoms with Crippen LogP contribution in [-0.4, -0.2) is 19.6 Å². The fourth-order valence-corrected chi connectivity index (χ4v) is 2.46. The standard InChI is InChI=1S/C17H16BrF2NO3.N/c1-3-24-15-7-10(6-13(20)16(15)18)9-21-17(22)12-8-11(19)4-5-14(12)23-2;/h4-8H,3,9H2,1-2H3,(H,21,22);. The average molecular weight is 414 g/mol. The number of rotatable bonds is 6. The van der Waals surface area contributed by atoms with Crippen LogP contribution in [0.1, 0.15) is 22.8 Å². The van der Waals surface area contributed by atoms with Crippen LogP contribution in [0.3, 0.4) is 0 Å². The van der Waals surface area contributed by atoms with Gasteiger partial charge in [-0.3, -0.25) is 4.79 Å². The fourth-order valence-electron chi connectivity index (χ4n) is 2.12. The molecular weight excluding hydrogens is 398 g/mol. The fraction of sp³-hybridized carbons (Fsp3) is 0.235. The van der Waals surface area contributed by atoms with Crippen molar-refractivity contribution < 1.29 is 23.0 Å². The molecular formula is C17H16BrF2N2O3. The van der Waals surface area contributed by atoms with Crippen LogP contribution in [0.4, 0.5) is 8.78 Å². The first-order chi connectivity index (χ1) is 11.5. The number of amides is 1. The number of nitrogens with zero attached hydrogens (tertiary/aromatic N) is 1. The SMILES string of the molecule is CCOc1cc(CNC(=O)c2cc(F)ccc2OC)cc(F)c1Br.[N]. The maximum absolute atomic E-state index is 13.9. The molecule has 3 radical (unpaired) electrons. The van der Waals surface area contributed by atoms with Crippen LogP contribution in [0, 0.1) is 11.6 Å². The third-order valence-corrected chi connectivity index (χ3v) is 3.98. The van der Waals surface area contributed by atoms with E-state index in [1.807, 2.05) is 0 Å². The lowest BCUT2D eigenvalue weighted by Crippen LogP contribution is -2.23. The van der Waals surface area contributed by atoms with Gasteiger partial charge in [0.2, 0.25) is 0 Å². The Labute approximate surface area is 153 Å². The number of benzene rings is 2. The Balaban J connectivity index is 0.00000312. The zero-order chi connectivity index (χ0) is 17.7. The van der Waals surface area contributed by atoms with Gasteiger partial charge < -0.3 is 14.8 Å². The van der Waals surface area contributed by atoms with Gasteiger partial charge in [0, 0.05) is 12.7 Å². The molecule has 1 amide bonds. The van der Waals surface area contributed by atoms with Crippen LogP contribution >= 0.6 is 15.9 Å². The van der Waals surface area contributed by atoms with Gasteiger partial charge in [-0.05, 0) is 58.7 Å². The molecule has 2 aromatic carbocycles. The van der Waals surface area contributed by atoms with Crippen molar-refractivity contribution in [2.24, 2.45) is 0 Å². The molecule has 0 aliphatic carbocycles. The normalized spacial score (nSPS) is 9.96. The molecule has 0 bridgehead atoms. The van der Waals surface area contributed by atoms with Gasteiger partial charge in [0.05, 0.1) is 23.8 Å². The molecule has 8 heteroatoms. The van der Waals surface area contributed by atoms with E-state index >= 15 is 0 Å². The molecule has 2 aromatic rings. The molecule has 0 unspecified atom stereocenters. The molecule has 0 aliphatic heterocycles. The maximum Gasteiger partial charge on any atom is 0.255 e. The summed E-state index contributed by atoms with van der Waals surface area (Å²) in [6.07, 6.45) is 0. The van der Waals surface area contributed by atoms with Gasteiger partial charge >= 0.3 is 0 Å². The Morgan fingerprint density at radius 2 is 1.92 bits per heavy atom. The Morgan fingerprint density at radius 1 is 1.20 bits per heavy atom. The van der Waals surface area contributed by atoms with Crippen molar-refractivity contribution in [3.8, 4) is 11.5 Å². The highest BCUT2D eigenvalue weighted by Crippen LogP contribution is 2.29. The van der Waals surface area contributed by atoms with Crippen LogP contribution in [0.5, 0.6) is 11.5 Å². The average Bonchev–Trinajstić information content (AvgIpc) is 2.57. The predicted octanol–water partition coefficient (Wildman–Crippen LogP) is 3.58. The second-order valence-corrected chi connectivity index (χ2v) is 5.64. The predicted molar refractivity (Wildman–Crippen MR) is 91.5 cm³/mol. The van der Waals surface area contributed by atoms with E-state index in [1.165, 1.54) is 25.3 Å². The van der Waals surface area contributed by atoms with Crippen molar-refractivity contribution in [2.75, 3.05) is 13.7 Å². The third-order valence-electron chi connectivity index (χ3n) is 3.21. The first kappa shape index (κ1) is 20.9. The number of halogens is 3. The van der Waals surface area contributed by atoms with Crippen molar-refractivity contribution in [3.63, 3.8) is 0 Å². The second kappa shape index (κ2) is 9.33. The summed E-state index contributed by atoms with van der Waals surface area (Å²) in [5, 5.41) is 2.61. The van der Waals surface area contributed by atoms with E-state index in [2.05, 4.69) is 21.2 Å². The van der Waals surface area contributed by atoms with Gasteiger partial charge in [0.15, 0.2) is 0 Å². The molecule has 0 saturated carbocycles. The van der Waals surface area contributed by atoms with E-state index in [4.69, 9.17) is 9.47 Å². The summed E-state index contributed by atoms with van der Waals surface area (Å²) in [4.78, 5) is 12.2. The van der Waals surface area contributed by atoms with Crippen molar-refractivity contribution in [3.05, 3.63) is 57.6 Å². The zero-order valence-corrected chi connectivity index (χ0v) is 15.2. The minimum absolute atomic E-state index is 0. The molecule has 0 fully saturated rings. The summed E-state index contributed by atoms with van der Waals surface area (Å²) >= 11 is 3.11. The molecule has 5 nitrogen and oxygen atoms in total. The number of methoxy groups -OCH3 is 1. The van der Waals surface area contributed by atoms with Crippen molar-refractivity contribution in [2.45, 2.75) is 13.5 Å². The minimum atomic E-state index is -0.547. The first-order valence-electron chi connectivity index (χ1n) is 7.18. The molecule has 0 aromatic heterocycles. The number of hydrogen-bond acceptors (Lipinski definition) is 3. The van der Waals surface area contributed by atoms with Gasteiger partial charge in [-0.15, -0.1) is 0 Å². The monoisotopic (exact) mass is 413 g/mol. The van der Waals surface area contributed by atoms with E-state index in [-0.39, 0.29) is 28.5 Å². The third kappa shape index (κ3) is 5.14. The van der Waals surface area contributed by atoms with Gasteiger partial charge in [-0.25, -0.2) is 8.78 Å². The number of ether oxygens (including phenoxy) is 2. The molecule has 0 heterocycles. The summed E-state index contributed by atoms with van der Waals surface area (Å²) < 4.78 is 37.8. The number of nitrogens with one attached hydrogen (secondary N) is 1. The molecule has 1 N–H and O–H groups in total. The largest absolute Gasteiger partial charge is 0.496 e. The molecule has 0 saturated heterocycles. The van der Waals surface area contributed by atoms with Crippen molar-refractivity contribution >= 4 is 21.8 Å². The van der Waals surface area contributed by atoms with Gasteiger partial charge in [0.25, 0.3) is 5.91 Å². The lowest BCUT2D eigenvalue weighted by molar-refractivity contribution is 0.0947. The molecule has 0 spiro atoms. The maximum atomic E-state index is 13.9. The Bertz CT molecular complexity index is 757. The van der Waals surface area contributed by atoms with Crippen molar-refractivity contribution in [1.82, 2.24) is 11.5 Å². The summed E-state index contributed by atoms with van der Waals surface area (Å²) in [6.45, 7) is 2.23. The Kier molecular flexibility index (Phi) is 7.79. The molecule has 0 aliphatic rings. The summed E-state index contributed by atoms with van der Waals surface area (Å²) in [5.41, 5.74) is 0.586. The highest BCUT2D eigenvalue weighted by Gasteiger charge is 2.15. The summed E-state index contributed by atoms with van der Waals surface area (Å²) in [5.74, 6) is -0.952. The Morgan fingerprint density at radius 3 is 2.56 bits per heavy atom. The first-order valence-corrected chi connectivity index (χ1v) is 7.98. The van der Waals surface area contributed by atoms with Crippen molar-refractivity contribution in [1.29, 1.82) is 0 Å². The topological polar surface area (TPSA) is 78.1 Å². The lowest BCUT2D eigenvalue weighted by Gasteiger charge is -2.12. The lowest BCUT2D eigenvalue weighted by atomic mass is 10.1. The smallest absolute Gasteiger partial charge is 0.255 e. The summed E-state index contributed by atoms with van der Waals surface area (Å²) in [7, 11) is 1.39. The number of hydrogen-bond donors (Lipinski definition) is 1. The van der Waals surface area contributed by atoms with Crippen LogP contribution < -0.4 is 20.9 Å². The summed E-state index contributed by atoms with van der Waals surface area (Å²) in [6, 6.07) is 6.57. The van der Waals surface area contributed by atoms with E-state index in [1.54, 1.807) is 13.0 Å². The quantitative estimate of drug-likeness (QED) is 0.785. The van der Waals surface area contributed by atoms with Crippen LogP contribution in [0.2, 0.25) is 0 Å². The van der Waals surface area contributed by atoms with Crippen LogP contribution in [0.25, 0.3) is 0 Å². The van der Waals surface area contributed by atoms with E-state index in [0.29, 0.717) is 17.9 Å². The van der Waals surface area contributed by atoms with Gasteiger partial charge in [-0.1, -0.05) is 0 Å². The Hall–Kier alpha value is -2.19. The number of carbonyl (C=O) groups excluding carboxylic acids is 1.